The number of nitrogens with zero attached hydrogens (tertiary/aromatic N) is 1. The SMILES string of the molecule is Cc1oc(C(=O)O)cc1S(=O)(=O)N(CC1CCC1)c1ccccc1. The van der Waals surface area contributed by atoms with E-state index in [9.17, 15) is 13.2 Å². The minimum atomic E-state index is -3.89. The van der Waals surface area contributed by atoms with E-state index in [1.807, 2.05) is 6.07 Å². The molecule has 7 heteroatoms. The Hall–Kier alpha value is -2.28. The van der Waals surface area contributed by atoms with Gasteiger partial charge in [-0.25, -0.2) is 13.2 Å². The summed E-state index contributed by atoms with van der Waals surface area (Å²) < 4.78 is 32.7. The van der Waals surface area contributed by atoms with Gasteiger partial charge >= 0.3 is 5.97 Å². The number of carbonyl (C=O) groups is 1. The van der Waals surface area contributed by atoms with Gasteiger partial charge < -0.3 is 9.52 Å². The molecule has 1 aromatic carbocycles. The number of carboxylic acid groups (broad SMARTS) is 1. The van der Waals surface area contributed by atoms with Crippen LogP contribution in [0.4, 0.5) is 5.69 Å². The van der Waals surface area contributed by atoms with E-state index in [0.717, 1.165) is 25.3 Å². The maximum absolute atomic E-state index is 13.1. The molecule has 0 atom stereocenters. The monoisotopic (exact) mass is 349 g/mol. The average molecular weight is 349 g/mol. The molecule has 24 heavy (non-hydrogen) atoms. The van der Waals surface area contributed by atoms with Crippen molar-refractivity contribution < 1.29 is 22.7 Å². The molecule has 2 aromatic rings. The molecule has 0 amide bonds. The lowest BCUT2D eigenvalue weighted by Gasteiger charge is -2.33. The number of anilines is 1. The largest absolute Gasteiger partial charge is 0.475 e. The Balaban J connectivity index is 2.03. The summed E-state index contributed by atoms with van der Waals surface area (Å²) in [5.74, 6) is -1.25. The number of hydrogen-bond acceptors (Lipinski definition) is 4. The fourth-order valence-electron chi connectivity index (χ4n) is 2.79. The highest BCUT2D eigenvalue weighted by Gasteiger charge is 2.33. The van der Waals surface area contributed by atoms with E-state index in [4.69, 9.17) is 9.52 Å². The van der Waals surface area contributed by atoms with Gasteiger partial charge in [0.25, 0.3) is 10.0 Å². The summed E-state index contributed by atoms with van der Waals surface area (Å²) in [6, 6.07) is 9.95. The summed E-state index contributed by atoms with van der Waals surface area (Å²) in [5, 5.41) is 9.03. The maximum Gasteiger partial charge on any atom is 0.371 e. The van der Waals surface area contributed by atoms with E-state index < -0.39 is 16.0 Å². The average Bonchev–Trinajstić information content (AvgIpc) is 2.90. The Kier molecular flexibility index (Phi) is 4.36. The molecule has 1 aromatic heterocycles. The number of benzene rings is 1. The first-order valence-electron chi connectivity index (χ1n) is 7.81. The fourth-order valence-corrected chi connectivity index (χ4v) is 4.50. The van der Waals surface area contributed by atoms with Crippen LogP contribution in [0.15, 0.2) is 45.7 Å². The van der Waals surface area contributed by atoms with E-state index in [-0.39, 0.29) is 16.4 Å². The summed E-state index contributed by atoms with van der Waals surface area (Å²) in [5.41, 5.74) is 0.571. The van der Waals surface area contributed by atoms with Crippen molar-refractivity contribution in [2.75, 3.05) is 10.8 Å². The molecule has 1 fully saturated rings. The standard InChI is InChI=1S/C17H19NO5S/c1-12-16(10-15(23-12)17(19)20)24(21,22)18(11-13-6-5-7-13)14-8-3-2-4-9-14/h2-4,8-10,13H,5-7,11H2,1H3,(H,19,20). The molecule has 1 aliphatic carbocycles. The van der Waals surface area contributed by atoms with E-state index in [0.29, 0.717) is 18.2 Å². The minimum absolute atomic E-state index is 0.0851. The zero-order chi connectivity index (χ0) is 17.3. The van der Waals surface area contributed by atoms with Gasteiger partial charge in [0.2, 0.25) is 5.76 Å². The minimum Gasteiger partial charge on any atom is -0.475 e. The Bertz CT molecular complexity index is 837. The van der Waals surface area contributed by atoms with Gasteiger partial charge in [0.1, 0.15) is 10.7 Å². The van der Waals surface area contributed by atoms with Crippen molar-refractivity contribution in [2.24, 2.45) is 5.92 Å². The Morgan fingerprint density at radius 3 is 2.46 bits per heavy atom. The molecule has 1 saturated carbocycles. The predicted octanol–water partition coefficient (Wildman–Crippen LogP) is 3.28. The second-order valence-electron chi connectivity index (χ2n) is 6.00. The first-order valence-corrected chi connectivity index (χ1v) is 9.25. The van der Waals surface area contributed by atoms with Crippen LogP contribution in [0.2, 0.25) is 0 Å². The Labute approximate surface area is 140 Å². The lowest BCUT2D eigenvalue weighted by Crippen LogP contribution is -2.37. The van der Waals surface area contributed by atoms with Crippen LogP contribution >= 0.6 is 0 Å². The highest BCUT2D eigenvalue weighted by Crippen LogP contribution is 2.33. The predicted molar refractivity (Wildman–Crippen MR) is 88.7 cm³/mol. The normalized spacial score (nSPS) is 15.0. The van der Waals surface area contributed by atoms with Crippen molar-refractivity contribution in [1.29, 1.82) is 0 Å². The number of rotatable bonds is 6. The molecule has 128 valence electrons. The third kappa shape index (κ3) is 3.03. The highest BCUT2D eigenvalue weighted by molar-refractivity contribution is 7.92. The van der Waals surface area contributed by atoms with Crippen molar-refractivity contribution in [3.05, 3.63) is 47.9 Å². The lowest BCUT2D eigenvalue weighted by atomic mass is 9.85. The van der Waals surface area contributed by atoms with Crippen molar-refractivity contribution in [1.82, 2.24) is 0 Å². The molecule has 0 saturated heterocycles. The molecule has 3 rings (SSSR count). The smallest absolute Gasteiger partial charge is 0.371 e. The summed E-state index contributed by atoms with van der Waals surface area (Å²) in [6.07, 6.45) is 3.12. The molecule has 1 N–H and O–H groups in total. The van der Waals surface area contributed by atoms with Crippen LogP contribution in [0, 0.1) is 12.8 Å². The molecule has 0 bridgehead atoms. The molecule has 1 heterocycles. The van der Waals surface area contributed by atoms with E-state index >= 15 is 0 Å². The molecular weight excluding hydrogens is 330 g/mol. The maximum atomic E-state index is 13.1. The van der Waals surface area contributed by atoms with Crippen molar-refractivity contribution >= 4 is 21.7 Å². The molecule has 0 unspecified atom stereocenters. The Morgan fingerprint density at radius 2 is 1.96 bits per heavy atom. The van der Waals surface area contributed by atoms with Gasteiger partial charge in [0.15, 0.2) is 0 Å². The molecular formula is C17H19NO5S. The second-order valence-corrected chi connectivity index (χ2v) is 7.84. The van der Waals surface area contributed by atoms with Gasteiger partial charge in [-0.1, -0.05) is 24.6 Å². The van der Waals surface area contributed by atoms with Gasteiger partial charge in [-0.15, -0.1) is 0 Å². The molecule has 1 aliphatic rings. The van der Waals surface area contributed by atoms with Crippen LogP contribution in [-0.2, 0) is 10.0 Å². The zero-order valence-corrected chi connectivity index (χ0v) is 14.1. The quantitative estimate of drug-likeness (QED) is 0.864. The van der Waals surface area contributed by atoms with Crippen LogP contribution in [0.25, 0.3) is 0 Å². The summed E-state index contributed by atoms with van der Waals surface area (Å²) in [6.45, 7) is 1.85. The third-order valence-electron chi connectivity index (χ3n) is 4.34. The van der Waals surface area contributed by atoms with E-state index in [2.05, 4.69) is 0 Å². The van der Waals surface area contributed by atoms with E-state index in [1.165, 1.54) is 11.2 Å². The number of sulfonamides is 1. The third-order valence-corrected chi connectivity index (χ3v) is 6.25. The number of para-hydroxylation sites is 1. The molecule has 6 nitrogen and oxygen atoms in total. The fraction of sp³-hybridized carbons (Fsp3) is 0.353. The van der Waals surface area contributed by atoms with Gasteiger partial charge in [-0.3, -0.25) is 4.31 Å². The van der Waals surface area contributed by atoms with Crippen molar-refractivity contribution in [3.8, 4) is 0 Å². The summed E-state index contributed by atoms with van der Waals surface area (Å²) in [4.78, 5) is 11.0. The molecule has 0 radical (unpaired) electrons. The van der Waals surface area contributed by atoms with Crippen LogP contribution in [-0.4, -0.2) is 26.0 Å². The summed E-state index contributed by atoms with van der Waals surface area (Å²) in [7, 11) is -3.89. The topological polar surface area (TPSA) is 87.8 Å². The highest BCUT2D eigenvalue weighted by atomic mass is 32.2. The van der Waals surface area contributed by atoms with Crippen molar-refractivity contribution in [3.63, 3.8) is 0 Å². The van der Waals surface area contributed by atoms with Crippen LogP contribution in [0.5, 0.6) is 0 Å². The first-order chi connectivity index (χ1) is 11.4. The van der Waals surface area contributed by atoms with Gasteiger partial charge in [-0.05, 0) is 37.8 Å². The number of aryl methyl sites for hydroxylation is 1. The number of furan rings is 1. The lowest BCUT2D eigenvalue weighted by molar-refractivity contribution is 0.0661. The first kappa shape index (κ1) is 16.6. The molecule has 0 spiro atoms. The van der Waals surface area contributed by atoms with Crippen molar-refractivity contribution in [2.45, 2.75) is 31.1 Å². The molecule has 0 aliphatic heterocycles. The van der Waals surface area contributed by atoms with Crippen LogP contribution < -0.4 is 4.31 Å². The number of aromatic carboxylic acids is 1. The number of carboxylic acids is 1. The van der Waals surface area contributed by atoms with Gasteiger partial charge in [0, 0.05) is 12.6 Å². The van der Waals surface area contributed by atoms with Crippen LogP contribution in [0.3, 0.4) is 0 Å². The Morgan fingerprint density at radius 1 is 1.29 bits per heavy atom. The van der Waals surface area contributed by atoms with E-state index in [1.54, 1.807) is 24.3 Å². The zero-order valence-electron chi connectivity index (χ0n) is 13.3. The second kappa shape index (κ2) is 6.32. The van der Waals surface area contributed by atoms with Gasteiger partial charge in [0.05, 0.1) is 5.69 Å². The summed E-state index contributed by atoms with van der Waals surface area (Å²) >= 11 is 0. The van der Waals surface area contributed by atoms with Crippen LogP contribution in [0.1, 0.15) is 35.6 Å². The number of hydrogen-bond donors (Lipinski definition) is 1. The van der Waals surface area contributed by atoms with Gasteiger partial charge in [-0.2, -0.15) is 0 Å².